The van der Waals surface area contributed by atoms with Crippen LogP contribution in [0.2, 0.25) is 0 Å². The van der Waals surface area contributed by atoms with Gasteiger partial charge in [-0.3, -0.25) is 19.0 Å². The molecule has 2 aromatic heterocycles. The van der Waals surface area contributed by atoms with Crippen molar-refractivity contribution in [2.75, 3.05) is 10.6 Å². The standard InChI is InChI=1S/C18H20N6O2/c1-12(2)24-11-14(10-19-24)20-18(26)15-9-16(23(3)22-15)21-17(25)13-7-5-4-6-8-13/h4-12H,1-3H3,(H,20,26)(H,21,25). The van der Waals surface area contributed by atoms with Gasteiger partial charge >= 0.3 is 0 Å². The highest BCUT2D eigenvalue weighted by atomic mass is 16.2. The van der Waals surface area contributed by atoms with Crippen LogP contribution in [-0.4, -0.2) is 31.4 Å². The molecule has 3 aromatic rings. The average molecular weight is 352 g/mol. The van der Waals surface area contributed by atoms with E-state index in [1.54, 1.807) is 48.4 Å². The van der Waals surface area contributed by atoms with E-state index in [0.717, 1.165) is 0 Å². The SMILES string of the molecule is CC(C)n1cc(NC(=O)c2cc(NC(=O)c3ccccc3)n(C)n2)cn1. The van der Waals surface area contributed by atoms with Crippen LogP contribution in [0.15, 0.2) is 48.8 Å². The molecule has 0 unspecified atom stereocenters. The Hall–Kier alpha value is -3.42. The van der Waals surface area contributed by atoms with Gasteiger partial charge in [-0.25, -0.2) is 0 Å². The molecule has 0 fully saturated rings. The molecule has 3 rings (SSSR count). The summed E-state index contributed by atoms with van der Waals surface area (Å²) in [7, 11) is 1.66. The fourth-order valence-electron chi connectivity index (χ4n) is 2.35. The molecule has 0 saturated heterocycles. The number of carbonyl (C=O) groups is 2. The number of carbonyl (C=O) groups excluding carboxylic acids is 2. The van der Waals surface area contributed by atoms with E-state index < -0.39 is 0 Å². The molecule has 0 aliphatic heterocycles. The van der Waals surface area contributed by atoms with Crippen LogP contribution in [0.1, 0.15) is 40.7 Å². The Bertz CT molecular complexity index is 926. The molecule has 8 nitrogen and oxygen atoms in total. The first kappa shape index (κ1) is 17.4. The topological polar surface area (TPSA) is 93.8 Å². The van der Waals surface area contributed by atoms with Crippen LogP contribution >= 0.6 is 0 Å². The van der Waals surface area contributed by atoms with Crippen LogP contribution in [0.3, 0.4) is 0 Å². The van der Waals surface area contributed by atoms with Crippen molar-refractivity contribution in [3.05, 3.63) is 60.0 Å². The second kappa shape index (κ2) is 7.22. The molecule has 0 bridgehead atoms. The quantitative estimate of drug-likeness (QED) is 0.738. The Kier molecular flexibility index (Phi) is 4.83. The van der Waals surface area contributed by atoms with Crippen molar-refractivity contribution in [1.29, 1.82) is 0 Å². The maximum absolute atomic E-state index is 12.4. The molecule has 0 aliphatic carbocycles. The minimum atomic E-state index is -0.371. The zero-order chi connectivity index (χ0) is 18.7. The van der Waals surface area contributed by atoms with Crippen LogP contribution in [-0.2, 0) is 7.05 Å². The first-order valence-corrected chi connectivity index (χ1v) is 8.20. The summed E-state index contributed by atoms with van der Waals surface area (Å²) >= 11 is 0. The molecule has 26 heavy (non-hydrogen) atoms. The smallest absolute Gasteiger partial charge is 0.276 e. The van der Waals surface area contributed by atoms with Gasteiger partial charge in [0.05, 0.1) is 11.9 Å². The third-order valence-electron chi connectivity index (χ3n) is 3.78. The normalized spacial score (nSPS) is 10.8. The van der Waals surface area contributed by atoms with E-state index in [4.69, 9.17) is 0 Å². The van der Waals surface area contributed by atoms with Crippen LogP contribution in [0, 0.1) is 0 Å². The lowest BCUT2D eigenvalue weighted by Gasteiger charge is -2.04. The molecule has 0 aliphatic rings. The molecule has 0 spiro atoms. The summed E-state index contributed by atoms with van der Waals surface area (Å²) in [5, 5.41) is 13.8. The third-order valence-corrected chi connectivity index (χ3v) is 3.78. The second-order valence-corrected chi connectivity index (χ2v) is 6.12. The largest absolute Gasteiger partial charge is 0.318 e. The number of aryl methyl sites for hydroxylation is 1. The molecule has 0 saturated carbocycles. The van der Waals surface area contributed by atoms with Gasteiger partial charge in [0.2, 0.25) is 0 Å². The summed E-state index contributed by atoms with van der Waals surface area (Å²) in [5.41, 5.74) is 1.32. The number of aromatic nitrogens is 4. The van der Waals surface area contributed by atoms with E-state index >= 15 is 0 Å². The fraction of sp³-hybridized carbons (Fsp3) is 0.222. The Balaban J connectivity index is 1.70. The molecule has 2 heterocycles. The number of rotatable bonds is 5. The van der Waals surface area contributed by atoms with Crippen LogP contribution in [0.25, 0.3) is 0 Å². The average Bonchev–Trinajstić information content (AvgIpc) is 3.23. The maximum Gasteiger partial charge on any atom is 0.276 e. The zero-order valence-electron chi connectivity index (χ0n) is 14.8. The second-order valence-electron chi connectivity index (χ2n) is 6.12. The van der Waals surface area contributed by atoms with Gasteiger partial charge in [0.1, 0.15) is 5.82 Å². The van der Waals surface area contributed by atoms with E-state index in [1.807, 2.05) is 19.9 Å². The number of amides is 2. The van der Waals surface area contributed by atoms with Gasteiger partial charge in [-0.15, -0.1) is 0 Å². The lowest BCUT2D eigenvalue weighted by Crippen LogP contribution is -2.14. The molecule has 2 N–H and O–H groups in total. The number of benzene rings is 1. The van der Waals surface area contributed by atoms with Crippen molar-refractivity contribution in [1.82, 2.24) is 19.6 Å². The highest BCUT2D eigenvalue weighted by Crippen LogP contribution is 2.14. The van der Waals surface area contributed by atoms with E-state index in [9.17, 15) is 9.59 Å². The van der Waals surface area contributed by atoms with E-state index in [-0.39, 0.29) is 23.6 Å². The third kappa shape index (κ3) is 3.80. The molecular formula is C18H20N6O2. The van der Waals surface area contributed by atoms with Crippen molar-refractivity contribution >= 4 is 23.3 Å². The summed E-state index contributed by atoms with van der Waals surface area (Å²) in [6.07, 6.45) is 3.34. The number of hydrogen-bond donors (Lipinski definition) is 2. The van der Waals surface area contributed by atoms with Crippen molar-refractivity contribution in [2.45, 2.75) is 19.9 Å². The number of hydrogen-bond acceptors (Lipinski definition) is 4. The predicted molar refractivity (Wildman–Crippen MR) is 98.2 cm³/mol. The molecular weight excluding hydrogens is 332 g/mol. The van der Waals surface area contributed by atoms with Gasteiger partial charge in [-0.2, -0.15) is 10.2 Å². The Labute approximate surface area is 150 Å². The summed E-state index contributed by atoms with van der Waals surface area (Å²) in [5.74, 6) is -0.204. The molecule has 134 valence electrons. The minimum Gasteiger partial charge on any atom is -0.318 e. The van der Waals surface area contributed by atoms with Crippen molar-refractivity contribution in [2.24, 2.45) is 7.05 Å². The van der Waals surface area contributed by atoms with Gasteiger partial charge in [0, 0.05) is 30.9 Å². The Morgan fingerprint density at radius 2 is 1.81 bits per heavy atom. The van der Waals surface area contributed by atoms with Gasteiger partial charge in [-0.05, 0) is 26.0 Å². The highest BCUT2D eigenvalue weighted by Gasteiger charge is 2.16. The van der Waals surface area contributed by atoms with Crippen LogP contribution in [0.5, 0.6) is 0 Å². The van der Waals surface area contributed by atoms with Gasteiger partial charge in [0.25, 0.3) is 11.8 Å². The summed E-state index contributed by atoms with van der Waals surface area (Å²) in [4.78, 5) is 24.6. The fourth-order valence-corrected chi connectivity index (χ4v) is 2.35. The van der Waals surface area contributed by atoms with Gasteiger partial charge in [-0.1, -0.05) is 18.2 Å². The molecule has 0 radical (unpaired) electrons. The first-order chi connectivity index (χ1) is 12.4. The Morgan fingerprint density at radius 3 is 2.46 bits per heavy atom. The van der Waals surface area contributed by atoms with Crippen molar-refractivity contribution in [3.63, 3.8) is 0 Å². The number of nitrogens with one attached hydrogen (secondary N) is 2. The summed E-state index contributed by atoms with van der Waals surface area (Å²) in [6.45, 7) is 4.00. The highest BCUT2D eigenvalue weighted by molar-refractivity contribution is 6.06. The number of nitrogens with zero attached hydrogens (tertiary/aromatic N) is 4. The van der Waals surface area contributed by atoms with E-state index in [0.29, 0.717) is 17.1 Å². The van der Waals surface area contributed by atoms with Gasteiger partial charge < -0.3 is 10.6 Å². The van der Waals surface area contributed by atoms with Crippen molar-refractivity contribution in [3.8, 4) is 0 Å². The molecule has 1 aromatic carbocycles. The summed E-state index contributed by atoms with van der Waals surface area (Å²) in [6, 6.07) is 10.6. The van der Waals surface area contributed by atoms with Crippen LogP contribution < -0.4 is 10.6 Å². The molecule has 0 atom stereocenters. The number of anilines is 2. The first-order valence-electron chi connectivity index (χ1n) is 8.20. The summed E-state index contributed by atoms with van der Waals surface area (Å²) < 4.78 is 3.20. The monoisotopic (exact) mass is 352 g/mol. The lowest BCUT2D eigenvalue weighted by molar-refractivity contribution is 0.101. The van der Waals surface area contributed by atoms with Crippen LogP contribution in [0.4, 0.5) is 11.5 Å². The molecule has 2 amide bonds. The van der Waals surface area contributed by atoms with E-state index in [1.165, 1.54) is 10.7 Å². The predicted octanol–water partition coefficient (Wildman–Crippen LogP) is 2.70. The van der Waals surface area contributed by atoms with Crippen molar-refractivity contribution < 1.29 is 9.59 Å². The van der Waals surface area contributed by atoms with E-state index in [2.05, 4.69) is 20.8 Å². The Morgan fingerprint density at radius 1 is 1.08 bits per heavy atom. The molecule has 8 heteroatoms. The minimum absolute atomic E-state index is 0.202. The lowest BCUT2D eigenvalue weighted by atomic mass is 10.2. The zero-order valence-corrected chi connectivity index (χ0v) is 14.8. The maximum atomic E-state index is 12.4. The van der Waals surface area contributed by atoms with Gasteiger partial charge in [0.15, 0.2) is 5.69 Å².